The summed E-state index contributed by atoms with van der Waals surface area (Å²) in [4.78, 5) is 19.5. The molecule has 21 heavy (non-hydrogen) atoms. The van der Waals surface area contributed by atoms with Crippen LogP contribution in [0.25, 0.3) is 0 Å². The summed E-state index contributed by atoms with van der Waals surface area (Å²) >= 11 is 0. The zero-order chi connectivity index (χ0) is 15.2. The van der Waals surface area contributed by atoms with Gasteiger partial charge in [-0.15, -0.1) is 5.10 Å². The molecule has 0 aromatic carbocycles. The van der Waals surface area contributed by atoms with Gasteiger partial charge in [0.15, 0.2) is 11.5 Å². The van der Waals surface area contributed by atoms with Crippen molar-refractivity contribution < 1.29 is 19.0 Å². The Morgan fingerprint density at radius 1 is 1.33 bits per heavy atom. The van der Waals surface area contributed by atoms with E-state index in [0.717, 1.165) is 0 Å². The van der Waals surface area contributed by atoms with Crippen molar-refractivity contribution in [3.8, 4) is 11.5 Å². The average Bonchev–Trinajstić information content (AvgIpc) is 2.89. The van der Waals surface area contributed by atoms with Crippen molar-refractivity contribution >= 4 is 11.9 Å². The highest BCUT2D eigenvalue weighted by atomic mass is 16.5. The van der Waals surface area contributed by atoms with E-state index < -0.39 is 5.97 Å². The molecule has 0 atom stereocenters. The van der Waals surface area contributed by atoms with Crippen LogP contribution in [0.2, 0.25) is 0 Å². The molecular formula is C12H15N5O4. The molecule has 0 spiro atoms. The maximum absolute atomic E-state index is 11.7. The number of methoxy groups -OCH3 is 2. The Balaban J connectivity index is 1.98. The van der Waals surface area contributed by atoms with E-state index in [1.807, 2.05) is 0 Å². The molecule has 9 nitrogen and oxygen atoms in total. The Hall–Kier alpha value is -2.84. The van der Waals surface area contributed by atoms with Crippen molar-refractivity contribution in [3.05, 3.63) is 24.3 Å². The molecular weight excluding hydrogens is 278 g/mol. The van der Waals surface area contributed by atoms with E-state index in [1.54, 1.807) is 12.3 Å². The van der Waals surface area contributed by atoms with Gasteiger partial charge in [0.05, 0.1) is 14.2 Å². The number of carbonyl (C=O) groups is 1. The van der Waals surface area contributed by atoms with Gasteiger partial charge in [-0.25, -0.2) is 9.67 Å². The predicted molar refractivity (Wildman–Crippen MR) is 71.6 cm³/mol. The number of anilines is 1. The van der Waals surface area contributed by atoms with Crippen LogP contribution in [-0.2, 0) is 22.7 Å². The molecule has 0 bridgehead atoms. The predicted octanol–water partition coefficient (Wildman–Crippen LogP) is 0.0159. The van der Waals surface area contributed by atoms with Gasteiger partial charge in [0.25, 0.3) is 0 Å². The van der Waals surface area contributed by atoms with E-state index >= 15 is 0 Å². The van der Waals surface area contributed by atoms with Crippen LogP contribution < -0.4 is 15.2 Å². The molecule has 0 fully saturated rings. The molecule has 2 N–H and O–H groups in total. The number of aromatic nitrogens is 4. The monoisotopic (exact) mass is 293 g/mol. The van der Waals surface area contributed by atoms with Crippen LogP contribution in [-0.4, -0.2) is 39.9 Å². The van der Waals surface area contributed by atoms with Gasteiger partial charge in [-0.3, -0.25) is 9.78 Å². The third-order valence-corrected chi connectivity index (χ3v) is 2.58. The van der Waals surface area contributed by atoms with Crippen LogP contribution in [0.3, 0.4) is 0 Å². The first-order valence-corrected chi connectivity index (χ1v) is 6.00. The highest BCUT2D eigenvalue weighted by molar-refractivity contribution is 5.69. The van der Waals surface area contributed by atoms with Crippen molar-refractivity contribution in [3.63, 3.8) is 0 Å². The molecule has 0 aliphatic rings. The molecule has 112 valence electrons. The summed E-state index contributed by atoms with van der Waals surface area (Å²) in [5.41, 5.74) is 5.81. The van der Waals surface area contributed by atoms with Crippen molar-refractivity contribution in [1.82, 2.24) is 19.7 Å². The summed E-state index contributed by atoms with van der Waals surface area (Å²) in [6, 6.07) is 1.66. The number of ether oxygens (including phenoxy) is 3. The zero-order valence-electron chi connectivity index (χ0n) is 11.6. The maximum Gasteiger partial charge on any atom is 0.328 e. The Morgan fingerprint density at radius 2 is 2.14 bits per heavy atom. The first-order valence-electron chi connectivity index (χ1n) is 6.00. The fourth-order valence-electron chi connectivity index (χ4n) is 1.67. The molecule has 0 aliphatic heterocycles. The summed E-state index contributed by atoms with van der Waals surface area (Å²) in [5, 5.41) is 3.79. The standard InChI is InChI=1S/C12H15N5O4/c1-19-9-3-4-14-8(11(9)20-2)6-21-10(18)5-17-7-15-12(13)16-17/h3-4,7H,5-6H2,1-2H3,(H2,13,16). The quantitative estimate of drug-likeness (QED) is 0.741. The van der Waals surface area contributed by atoms with Gasteiger partial charge in [-0.1, -0.05) is 0 Å². The highest BCUT2D eigenvalue weighted by Gasteiger charge is 2.13. The molecule has 0 aliphatic carbocycles. The van der Waals surface area contributed by atoms with Gasteiger partial charge >= 0.3 is 5.97 Å². The zero-order valence-corrected chi connectivity index (χ0v) is 11.6. The highest BCUT2D eigenvalue weighted by Crippen LogP contribution is 2.29. The van der Waals surface area contributed by atoms with E-state index in [-0.39, 0.29) is 19.1 Å². The number of nitrogens with zero attached hydrogens (tertiary/aromatic N) is 4. The molecule has 2 aromatic rings. The number of carbonyl (C=O) groups excluding carboxylic acids is 1. The van der Waals surface area contributed by atoms with Crippen molar-refractivity contribution in [1.29, 1.82) is 0 Å². The Kier molecular flexibility index (Phi) is 4.54. The Bertz CT molecular complexity index is 628. The first kappa shape index (κ1) is 14.6. The van der Waals surface area contributed by atoms with Crippen LogP contribution in [0.4, 0.5) is 5.95 Å². The number of pyridine rings is 1. The summed E-state index contributed by atoms with van der Waals surface area (Å²) < 4.78 is 16.7. The Labute approximate surface area is 120 Å². The molecule has 0 saturated heterocycles. The molecule has 0 saturated carbocycles. The molecule has 2 aromatic heterocycles. The van der Waals surface area contributed by atoms with E-state index in [1.165, 1.54) is 25.2 Å². The van der Waals surface area contributed by atoms with Crippen LogP contribution in [0.15, 0.2) is 18.6 Å². The molecule has 0 amide bonds. The molecule has 2 rings (SSSR count). The van der Waals surface area contributed by atoms with E-state index in [4.69, 9.17) is 19.9 Å². The molecule has 0 radical (unpaired) electrons. The van der Waals surface area contributed by atoms with E-state index in [9.17, 15) is 4.79 Å². The van der Waals surface area contributed by atoms with Gasteiger partial charge in [-0.2, -0.15) is 0 Å². The lowest BCUT2D eigenvalue weighted by molar-refractivity contribution is -0.146. The average molecular weight is 293 g/mol. The lowest BCUT2D eigenvalue weighted by atomic mass is 10.3. The summed E-state index contributed by atoms with van der Waals surface area (Å²) in [6.45, 7) is -0.125. The Morgan fingerprint density at radius 3 is 2.76 bits per heavy atom. The number of esters is 1. The topological polar surface area (TPSA) is 114 Å². The van der Waals surface area contributed by atoms with Crippen LogP contribution in [0.1, 0.15) is 5.69 Å². The lowest BCUT2D eigenvalue weighted by Gasteiger charge is -2.11. The number of rotatable bonds is 6. The van der Waals surface area contributed by atoms with E-state index in [0.29, 0.717) is 17.2 Å². The van der Waals surface area contributed by atoms with Gasteiger partial charge in [0.2, 0.25) is 5.95 Å². The fraction of sp³-hybridized carbons (Fsp3) is 0.333. The van der Waals surface area contributed by atoms with Crippen LogP contribution in [0.5, 0.6) is 11.5 Å². The molecule has 9 heteroatoms. The van der Waals surface area contributed by atoms with Crippen molar-refractivity contribution in [2.45, 2.75) is 13.2 Å². The molecule has 2 heterocycles. The fourth-order valence-corrected chi connectivity index (χ4v) is 1.67. The smallest absolute Gasteiger partial charge is 0.328 e. The summed E-state index contributed by atoms with van der Waals surface area (Å²) in [7, 11) is 3.01. The van der Waals surface area contributed by atoms with Gasteiger partial charge in [0.1, 0.15) is 25.2 Å². The minimum atomic E-state index is -0.494. The lowest BCUT2D eigenvalue weighted by Crippen LogP contribution is -2.15. The number of nitrogens with two attached hydrogens (primary N) is 1. The largest absolute Gasteiger partial charge is 0.493 e. The normalized spacial score (nSPS) is 10.2. The third kappa shape index (κ3) is 3.59. The maximum atomic E-state index is 11.7. The second kappa shape index (κ2) is 6.55. The minimum absolute atomic E-state index is 0.0383. The van der Waals surface area contributed by atoms with Crippen molar-refractivity contribution in [2.75, 3.05) is 20.0 Å². The van der Waals surface area contributed by atoms with Gasteiger partial charge < -0.3 is 19.9 Å². The third-order valence-electron chi connectivity index (χ3n) is 2.58. The van der Waals surface area contributed by atoms with Gasteiger partial charge in [0, 0.05) is 12.3 Å². The van der Waals surface area contributed by atoms with Gasteiger partial charge in [-0.05, 0) is 0 Å². The first-order chi connectivity index (χ1) is 10.1. The SMILES string of the molecule is COc1ccnc(COC(=O)Cn2cnc(N)n2)c1OC. The summed E-state index contributed by atoms with van der Waals surface area (Å²) in [6.07, 6.45) is 2.89. The second-order valence-corrected chi connectivity index (χ2v) is 3.95. The second-order valence-electron chi connectivity index (χ2n) is 3.95. The molecule has 0 unspecified atom stereocenters. The number of hydrogen-bond donors (Lipinski definition) is 1. The van der Waals surface area contributed by atoms with E-state index in [2.05, 4.69) is 15.1 Å². The number of hydrogen-bond acceptors (Lipinski definition) is 8. The van der Waals surface area contributed by atoms with Crippen LogP contribution in [0, 0.1) is 0 Å². The summed E-state index contributed by atoms with van der Waals surface area (Å²) in [5.74, 6) is 0.547. The van der Waals surface area contributed by atoms with Crippen molar-refractivity contribution in [2.24, 2.45) is 0 Å². The minimum Gasteiger partial charge on any atom is -0.493 e. The van der Waals surface area contributed by atoms with Crippen LogP contribution >= 0.6 is 0 Å². The number of nitrogen functional groups attached to an aromatic ring is 1.